The number of nitrogens with zero attached hydrogens (tertiary/aromatic N) is 1. The molecule has 1 aliphatic heterocycles. The Morgan fingerprint density at radius 2 is 1.73 bits per heavy atom. The average molecular weight is 315 g/mol. The lowest BCUT2D eigenvalue weighted by Crippen LogP contribution is -2.31. The largest absolute Gasteiger partial charge is 0.461 e. The summed E-state index contributed by atoms with van der Waals surface area (Å²) >= 11 is 1.31. The fourth-order valence-electron chi connectivity index (χ4n) is 2.30. The predicted molar refractivity (Wildman–Crippen MR) is 81.0 cm³/mol. The highest BCUT2D eigenvalue weighted by atomic mass is 32.1. The highest BCUT2D eigenvalue weighted by Crippen LogP contribution is 2.22. The third kappa shape index (κ3) is 2.65. The van der Waals surface area contributed by atoms with Gasteiger partial charge < -0.3 is 4.74 Å². The van der Waals surface area contributed by atoms with E-state index in [1.807, 2.05) is 0 Å². The summed E-state index contributed by atoms with van der Waals surface area (Å²) in [5.41, 5.74) is 0.867. The van der Waals surface area contributed by atoms with E-state index in [-0.39, 0.29) is 30.9 Å². The molecule has 0 unspecified atom stereocenters. The second-order valence-electron chi connectivity index (χ2n) is 4.77. The van der Waals surface area contributed by atoms with E-state index in [4.69, 9.17) is 4.74 Å². The predicted octanol–water partition coefficient (Wildman–Crippen LogP) is 2.59. The Balaban J connectivity index is 1.52. The van der Waals surface area contributed by atoms with Crippen LogP contribution in [0.15, 0.2) is 41.8 Å². The number of thiophene rings is 1. The van der Waals surface area contributed by atoms with E-state index >= 15 is 0 Å². The monoisotopic (exact) mass is 315 g/mol. The van der Waals surface area contributed by atoms with Gasteiger partial charge in [0.1, 0.15) is 4.88 Å². The third-order valence-corrected chi connectivity index (χ3v) is 4.21. The minimum Gasteiger partial charge on any atom is -0.461 e. The van der Waals surface area contributed by atoms with Crippen LogP contribution in [0.3, 0.4) is 0 Å². The summed E-state index contributed by atoms with van der Waals surface area (Å²) in [4.78, 5) is 37.6. The molecule has 0 aliphatic carbocycles. The first-order chi connectivity index (χ1) is 10.7. The fraction of sp³-hybridized carbons (Fsp3) is 0.188. The summed E-state index contributed by atoms with van der Waals surface area (Å²) in [6.07, 6.45) is 0.419. The lowest BCUT2D eigenvalue weighted by atomic mass is 10.1. The zero-order chi connectivity index (χ0) is 15.5. The molecule has 2 aromatic rings. The number of hydrogen-bond donors (Lipinski definition) is 0. The van der Waals surface area contributed by atoms with E-state index < -0.39 is 0 Å². The fourth-order valence-corrected chi connectivity index (χ4v) is 2.91. The molecular formula is C16H13NO4S. The Kier molecular flexibility index (Phi) is 4.02. The minimum absolute atomic E-state index is 0.171. The Morgan fingerprint density at radius 3 is 2.32 bits per heavy atom. The molecule has 1 aromatic heterocycles. The van der Waals surface area contributed by atoms with Crippen LogP contribution in [0.2, 0.25) is 0 Å². The molecule has 1 aromatic carbocycles. The van der Waals surface area contributed by atoms with Crippen LogP contribution in [-0.2, 0) is 4.74 Å². The SMILES string of the molecule is O=C(OCCCN1C(=O)c2ccccc2C1=O)c1cccs1. The highest BCUT2D eigenvalue weighted by Gasteiger charge is 2.34. The molecule has 3 rings (SSSR count). The normalized spacial score (nSPS) is 13.4. The molecule has 2 heterocycles. The van der Waals surface area contributed by atoms with Crippen molar-refractivity contribution in [2.24, 2.45) is 0 Å². The van der Waals surface area contributed by atoms with Crippen molar-refractivity contribution >= 4 is 29.1 Å². The molecule has 6 heteroatoms. The van der Waals surface area contributed by atoms with Gasteiger partial charge in [-0.15, -0.1) is 11.3 Å². The van der Waals surface area contributed by atoms with Gasteiger partial charge in [-0.3, -0.25) is 14.5 Å². The Hall–Kier alpha value is -2.47. The molecule has 0 saturated carbocycles. The molecule has 0 radical (unpaired) electrons. The first-order valence-electron chi connectivity index (χ1n) is 6.84. The molecule has 0 atom stereocenters. The second-order valence-corrected chi connectivity index (χ2v) is 5.72. The van der Waals surface area contributed by atoms with Crippen LogP contribution < -0.4 is 0 Å². The van der Waals surface area contributed by atoms with E-state index in [1.165, 1.54) is 16.2 Å². The molecule has 112 valence electrons. The van der Waals surface area contributed by atoms with Gasteiger partial charge in [-0.05, 0) is 30.0 Å². The third-order valence-electron chi connectivity index (χ3n) is 3.36. The topological polar surface area (TPSA) is 63.7 Å². The summed E-state index contributed by atoms with van der Waals surface area (Å²) < 4.78 is 5.12. The van der Waals surface area contributed by atoms with Gasteiger partial charge in [-0.1, -0.05) is 18.2 Å². The summed E-state index contributed by atoms with van der Waals surface area (Å²) in [5.74, 6) is -0.951. The number of carbonyl (C=O) groups is 3. The number of amides is 2. The van der Waals surface area contributed by atoms with Crippen molar-refractivity contribution in [2.45, 2.75) is 6.42 Å². The summed E-state index contributed by atoms with van der Waals surface area (Å²) in [7, 11) is 0. The number of esters is 1. The molecule has 0 saturated heterocycles. The summed E-state index contributed by atoms with van der Waals surface area (Å²) in [6, 6.07) is 10.2. The maximum atomic E-state index is 12.1. The second kappa shape index (κ2) is 6.11. The van der Waals surface area contributed by atoms with E-state index in [2.05, 4.69) is 0 Å². The Bertz CT molecular complexity index is 689. The van der Waals surface area contributed by atoms with Gasteiger partial charge in [-0.25, -0.2) is 4.79 Å². The van der Waals surface area contributed by atoms with Crippen LogP contribution in [0.1, 0.15) is 36.8 Å². The van der Waals surface area contributed by atoms with Crippen LogP contribution in [0.5, 0.6) is 0 Å². The van der Waals surface area contributed by atoms with Crippen LogP contribution in [0, 0.1) is 0 Å². The number of carbonyl (C=O) groups excluding carboxylic acids is 3. The molecule has 0 fully saturated rings. The first kappa shape index (κ1) is 14.5. The quantitative estimate of drug-likeness (QED) is 0.483. The van der Waals surface area contributed by atoms with Gasteiger partial charge in [0.2, 0.25) is 0 Å². The van der Waals surface area contributed by atoms with Crippen LogP contribution in [-0.4, -0.2) is 35.8 Å². The van der Waals surface area contributed by atoms with Gasteiger partial charge in [0, 0.05) is 6.54 Å². The molecule has 5 nitrogen and oxygen atoms in total. The first-order valence-corrected chi connectivity index (χ1v) is 7.72. The van der Waals surface area contributed by atoms with E-state index in [0.29, 0.717) is 22.4 Å². The number of rotatable bonds is 5. The number of fused-ring (bicyclic) bond motifs is 1. The zero-order valence-electron chi connectivity index (χ0n) is 11.7. The number of ether oxygens (including phenoxy) is 1. The Morgan fingerprint density at radius 1 is 1.05 bits per heavy atom. The van der Waals surface area contributed by atoms with E-state index in [1.54, 1.807) is 41.8 Å². The molecule has 1 aliphatic rings. The van der Waals surface area contributed by atoms with Crippen molar-refractivity contribution in [2.75, 3.05) is 13.2 Å². The molecule has 0 N–H and O–H groups in total. The molecule has 0 bridgehead atoms. The van der Waals surface area contributed by atoms with Crippen molar-refractivity contribution < 1.29 is 19.1 Å². The van der Waals surface area contributed by atoms with Crippen LogP contribution >= 0.6 is 11.3 Å². The molecular weight excluding hydrogens is 302 g/mol. The van der Waals surface area contributed by atoms with Crippen molar-refractivity contribution in [3.63, 3.8) is 0 Å². The summed E-state index contributed by atoms with van der Waals surface area (Å²) in [6.45, 7) is 0.411. The van der Waals surface area contributed by atoms with Crippen molar-refractivity contribution in [1.82, 2.24) is 4.90 Å². The Labute approximate surface area is 131 Å². The summed E-state index contributed by atoms with van der Waals surface area (Å²) in [5, 5.41) is 1.80. The standard InChI is InChI=1S/C16H13NO4S/c18-14-11-5-1-2-6-12(11)15(19)17(14)8-4-9-21-16(20)13-7-3-10-22-13/h1-3,5-7,10H,4,8-9H2. The maximum Gasteiger partial charge on any atom is 0.348 e. The van der Waals surface area contributed by atoms with Crippen molar-refractivity contribution in [3.05, 3.63) is 57.8 Å². The lowest BCUT2D eigenvalue weighted by Gasteiger charge is -2.13. The van der Waals surface area contributed by atoms with Gasteiger partial charge in [0.25, 0.3) is 11.8 Å². The molecule has 22 heavy (non-hydrogen) atoms. The average Bonchev–Trinajstić information content (AvgIpc) is 3.14. The van der Waals surface area contributed by atoms with Crippen LogP contribution in [0.25, 0.3) is 0 Å². The van der Waals surface area contributed by atoms with E-state index in [9.17, 15) is 14.4 Å². The number of benzene rings is 1. The number of hydrogen-bond acceptors (Lipinski definition) is 5. The minimum atomic E-state index is -0.377. The smallest absolute Gasteiger partial charge is 0.348 e. The van der Waals surface area contributed by atoms with Crippen molar-refractivity contribution in [3.8, 4) is 0 Å². The zero-order valence-corrected chi connectivity index (χ0v) is 12.5. The highest BCUT2D eigenvalue weighted by molar-refractivity contribution is 7.11. The van der Waals surface area contributed by atoms with Crippen LogP contribution in [0.4, 0.5) is 0 Å². The van der Waals surface area contributed by atoms with Gasteiger partial charge >= 0.3 is 5.97 Å². The maximum absolute atomic E-state index is 12.1. The van der Waals surface area contributed by atoms with Crippen molar-refractivity contribution in [1.29, 1.82) is 0 Å². The van der Waals surface area contributed by atoms with Gasteiger partial charge in [0.15, 0.2) is 0 Å². The lowest BCUT2D eigenvalue weighted by molar-refractivity contribution is 0.0488. The number of imide groups is 1. The molecule has 0 spiro atoms. The van der Waals surface area contributed by atoms with E-state index in [0.717, 1.165) is 0 Å². The van der Waals surface area contributed by atoms with Gasteiger partial charge in [-0.2, -0.15) is 0 Å². The van der Waals surface area contributed by atoms with Gasteiger partial charge in [0.05, 0.1) is 17.7 Å². The molecule has 2 amide bonds.